The van der Waals surface area contributed by atoms with E-state index in [2.05, 4.69) is 16.0 Å². The first-order valence-electron chi connectivity index (χ1n) is 7.91. The zero-order valence-corrected chi connectivity index (χ0v) is 14.8. The van der Waals surface area contributed by atoms with Crippen LogP contribution in [0.1, 0.15) is 23.2 Å². The Bertz CT molecular complexity index is 786. The maximum atomic E-state index is 12.2. The fourth-order valence-corrected chi connectivity index (χ4v) is 2.86. The van der Waals surface area contributed by atoms with Crippen LogP contribution in [0.2, 0.25) is 10.0 Å². The summed E-state index contributed by atoms with van der Waals surface area (Å²) < 4.78 is 0. The minimum Gasteiger partial charge on any atom is -0.376 e. The van der Waals surface area contributed by atoms with Crippen LogP contribution in [0.15, 0.2) is 42.5 Å². The molecule has 0 heterocycles. The maximum Gasteiger partial charge on any atom is 0.253 e. The monoisotopic (exact) mass is 377 g/mol. The number of benzene rings is 2. The molecular formula is C18H17Cl2N3O2. The van der Waals surface area contributed by atoms with Gasteiger partial charge in [0.05, 0.1) is 12.1 Å². The SMILES string of the molecule is O=C(CNc1ccccc1C(=O)NC1CC1)Nc1cc(Cl)cc(Cl)c1. The van der Waals surface area contributed by atoms with Crippen molar-refractivity contribution in [3.8, 4) is 0 Å². The van der Waals surface area contributed by atoms with Gasteiger partial charge in [-0.15, -0.1) is 0 Å². The molecule has 1 aliphatic rings. The van der Waals surface area contributed by atoms with Crippen molar-refractivity contribution in [1.29, 1.82) is 0 Å². The fourth-order valence-electron chi connectivity index (χ4n) is 2.33. The lowest BCUT2D eigenvalue weighted by atomic mass is 10.1. The summed E-state index contributed by atoms with van der Waals surface area (Å²) in [5, 5.41) is 9.54. The Balaban J connectivity index is 1.61. The van der Waals surface area contributed by atoms with Crippen molar-refractivity contribution in [1.82, 2.24) is 5.32 Å². The van der Waals surface area contributed by atoms with Gasteiger partial charge in [0.15, 0.2) is 0 Å². The van der Waals surface area contributed by atoms with Gasteiger partial charge in [-0.25, -0.2) is 0 Å². The lowest BCUT2D eigenvalue weighted by Crippen LogP contribution is -2.27. The zero-order valence-electron chi connectivity index (χ0n) is 13.3. The topological polar surface area (TPSA) is 70.2 Å². The van der Waals surface area contributed by atoms with Crippen molar-refractivity contribution >= 4 is 46.4 Å². The van der Waals surface area contributed by atoms with Gasteiger partial charge in [-0.2, -0.15) is 0 Å². The number of nitrogens with one attached hydrogen (secondary N) is 3. The van der Waals surface area contributed by atoms with Crippen LogP contribution in [-0.4, -0.2) is 24.4 Å². The summed E-state index contributed by atoms with van der Waals surface area (Å²) in [6.45, 7) is 0.0118. The van der Waals surface area contributed by atoms with Crippen molar-refractivity contribution in [2.24, 2.45) is 0 Å². The first-order valence-corrected chi connectivity index (χ1v) is 8.66. The Morgan fingerprint density at radius 2 is 1.72 bits per heavy atom. The highest BCUT2D eigenvalue weighted by Crippen LogP contribution is 2.23. The first-order chi connectivity index (χ1) is 12.0. The van der Waals surface area contributed by atoms with Crippen LogP contribution < -0.4 is 16.0 Å². The third-order valence-corrected chi connectivity index (χ3v) is 4.11. The van der Waals surface area contributed by atoms with Crippen molar-refractivity contribution in [2.75, 3.05) is 17.2 Å². The van der Waals surface area contributed by atoms with E-state index in [0.29, 0.717) is 27.0 Å². The predicted molar refractivity (Wildman–Crippen MR) is 101 cm³/mol. The molecule has 0 unspecified atom stereocenters. The first kappa shape index (κ1) is 17.6. The Morgan fingerprint density at radius 3 is 2.40 bits per heavy atom. The van der Waals surface area contributed by atoms with E-state index in [1.807, 2.05) is 6.07 Å². The molecule has 25 heavy (non-hydrogen) atoms. The minimum absolute atomic E-state index is 0.0118. The summed E-state index contributed by atoms with van der Waals surface area (Å²) in [6.07, 6.45) is 2.04. The molecule has 0 aliphatic heterocycles. The summed E-state index contributed by atoms with van der Waals surface area (Å²) in [5.74, 6) is -0.400. The Morgan fingerprint density at radius 1 is 1.04 bits per heavy atom. The quantitative estimate of drug-likeness (QED) is 0.713. The molecule has 0 saturated heterocycles. The number of carbonyl (C=O) groups excluding carboxylic acids is 2. The average molecular weight is 378 g/mol. The highest BCUT2D eigenvalue weighted by Gasteiger charge is 2.24. The highest BCUT2D eigenvalue weighted by molar-refractivity contribution is 6.35. The second-order valence-corrected chi connectivity index (χ2v) is 6.73. The Hall–Kier alpha value is -2.24. The molecule has 0 atom stereocenters. The average Bonchev–Trinajstić information content (AvgIpc) is 3.36. The number of halogens is 2. The summed E-state index contributed by atoms with van der Waals surface area (Å²) in [7, 11) is 0. The summed E-state index contributed by atoms with van der Waals surface area (Å²) in [5.41, 5.74) is 1.65. The van der Waals surface area contributed by atoms with E-state index in [9.17, 15) is 9.59 Å². The molecule has 7 heteroatoms. The molecule has 1 fully saturated rings. The number of rotatable bonds is 6. The molecule has 0 spiro atoms. The molecule has 130 valence electrons. The van der Waals surface area contributed by atoms with E-state index in [1.54, 1.807) is 36.4 Å². The van der Waals surface area contributed by atoms with Crippen molar-refractivity contribution in [3.05, 3.63) is 58.1 Å². The number of anilines is 2. The summed E-state index contributed by atoms with van der Waals surface area (Å²) in [4.78, 5) is 24.4. The molecule has 0 aromatic heterocycles. The van der Waals surface area contributed by atoms with E-state index in [-0.39, 0.29) is 24.4 Å². The molecule has 0 radical (unpaired) electrons. The van der Waals surface area contributed by atoms with Gasteiger partial charge in [0.1, 0.15) is 0 Å². The highest BCUT2D eigenvalue weighted by atomic mass is 35.5. The third-order valence-electron chi connectivity index (χ3n) is 3.67. The predicted octanol–water partition coefficient (Wildman–Crippen LogP) is 3.94. The largest absolute Gasteiger partial charge is 0.376 e. The number of hydrogen-bond acceptors (Lipinski definition) is 3. The second-order valence-electron chi connectivity index (χ2n) is 5.85. The van der Waals surface area contributed by atoms with Gasteiger partial charge >= 0.3 is 0 Å². The molecule has 2 aromatic carbocycles. The number of carbonyl (C=O) groups is 2. The molecule has 5 nitrogen and oxygen atoms in total. The van der Waals surface area contributed by atoms with Gasteiger partial charge in [-0.1, -0.05) is 35.3 Å². The maximum absolute atomic E-state index is 12.2. The van der Waals surface area contributed by atoms with Gasteiger partial charge < -0.3 is 16.0 Å². The van der Waals surface area contributed by atoms with E-state index >= 15 is 0 Å². The molecule has 1 aliphatic carbocycles. The normalized spacial score (nSPS) is 13.2. The molecule has 2 amide bonds. The number of amides is 2. The minimum atomic E-state index is -0.268. The van der Waals surface area contributed by atoms with Gasteiger partial charge in [-0.3, -0.25) is 9.59 Å². The fraction of sp³-hybridized carbons (Fsp3) is 0.222. The van der Waals surface area contributed by atoms with Crippen molar-refractivity contribution < 1.29 is 9.59 Å². The van der Waals surface area contributed by atoms with Crippen molar-refractivity contribution in [2.45, 2.75) is 18.9 Å². The molecule has 0 bridgehead atoms. The standard InChI is InChI=1S/C18H17Cl2N3O2/c19-11-7-12(20)9-14(8-11)22-17(24)10-21-16-4-2-1-3-15(16)18(25)23-13-5-6-13/h1-4,7-9,13,21H,5-6,10H2,(H,22,24)(H,23,25). The van der Waals surface area contributed by atoms with Crippen LogP contribution in [-0.2, 0) is 4.79 Å². The lowest BCUT2D eigenvalue weighted by Gasteiger charge is -2.12. The zero-order chi connectivity index (χ0) is 17.8. The smallest absolute Gasteiger partial charge is 0.253 e. The summed E-state index contributed by atoms with van der Waals surface area (Å²) >= 11 is 11.8. The van der Waals surface area contributed by atoms with Crippen LogP contribution in [0.3, 0.4) is 0 Å². The van der Waals surface area contributed by atoms with E-state index in [1.165, 1.54) is 0 Å². The van der Waals surface area contributed by atoms with Crippen LogP contribution in [0.25, 0.3) is 0 Å². The van der Waals surface area contributed by atoms with Crippen LogP contribution >= 0.6 is 23.2 Å². The molecule has 1 saturated carbocycles. The van der Waals surface area contributed by atoms with Crippen LogP contribution in [0, 0.1) is 0 Å². The molecule has 3 rings (SSSR count). The second kappa shape index (κ2) is 7.76. The van der Waals surface area contributed by atoms with Gasteiger partial charge in [0.25, 0.3) is 5.91 Å². The van der Waals surface area contributed by atoms with E-state index < -0.39 is 0 Å². The van der Waals surface area contributed by atoms with Gasteiger partial charge in [0.2, 0.25) is 5.91 Å². The van der Waals surface area contributed by atoms with Crippen molar-refractivity contribution in [3.63, 3.8) is 0 Å². The summed E-state index contributed by atoms with van der Waals surface area (Å²) in [6, 6.07) is 12.2. The number of para-hydroxylation sites is 1. The molecule has 3 N–H and O–H groups in total. The van der Waals surface area contributed by atoms with Gasteiger partial charge in [-0.05, 0) is 43.2 Å². The third kappa shape index (κ3) is 5.11. The Labute approximate surface area is 155 Å². The number of hydrogen-bond donors (Lipinski definition) is 3. The van der Waals surface area contributed by atoms with Crippen LogP contribution in [0.4, 0.5) is 11.4 Å². The van der Waals surface area contributed by atoms with Crippen LogP contribution in [0.5, 0.6) is 0 Å². The molecular weight excluding hydrogens is 361 g/mol. The Kier molecular flexibility index (Phi) is 5.46. The lowest BCUT2D eigenvalue weighted by molar-refractivity contribution is -0.114. The van der Waals surface area contributed by atoms with E-state index in [4.69, 9.17) is 23.2 Å². The molecule has 2 aromatic rings. The van der Waals surface area contributed by atoms with Gasteiger partial charge in [0, 0.05) is 27.5 Å². The van der Waals surface area contributed by atoms with E-state index in [0.717, 1.165) is 12.8 Å².